The first-order valence-electron chi connectivity index (χ1n) is 7.02. The first-order chi connectivity index (χ1) is 11.1. The molecule has 0 aliphatic carbocycles. The zero-order chi connectivity index (χ0) is 16.4. The fourth-order valence-corrected chi connectivity index (χ4v) is 2.45. The van der Waals surface area contributed by atoms with E-state index in [9.17, 15) is 9.59 Å². The van der Waals surface area contributed by atoms with Crippen LogP contribution in [0.2, 0.25) is 0 Å². The van der Waals surface area contributed by atoms with Gasteiger partial charge in [0.25, 0.3) is 0 Å². The highest BCUT2D eigenvalue weighted by molar-refractivity contribution is 5.94. The van der Waals surface area contributed by atoms with Crippen molar-refractivity contribution in [2.75, 3.05) is 0 Å². The van der Waals surface area contributed by atoms with Gasteiger partial charge >= 0.3 is 11.9 Å². The van der Waals surface area contributed by atoms with Crippen molar-refractivity contribution in [2.45, 2.75) is 20.1 Å². The van der Waals surface area contributed by atoms with E-state index in [4.69, 9.17) is 16.0 Å². The van der Waals surface area contributed by atoms with Gasteiger partial charge in [-0.05, 0) is 24.6 Å². The average Bonchev–Trinajstić information content (AvgIpc) is 3.11. The third-order valence-corrected chi connectivity index (χ3v) is 3.64. The molecule has 5 heteroatoms. The van der Waals surface area contributed by atoms with Crippen molar-refractivity contribution in [3.05, 3.63) is 75.6 Å². The number of rotatable bonds is 0. The molecular weight excluding hydrogens is 294 g/mol. The molecule has 0 aromatic heterocycles. The maximum Gasteiger partial charge on any atom is 0.338 e. The summed E-state index contributed by atoms with van der Waals surface area (Å²) in [5, 5.41) is 0. The quantitative estimate of drug-likeness (QED) is 0.551. The summed E-state index contributed by atoms with van der Waals surface area (Å²) in [4.78, 5) is 25.2. The second-order valence-corrected chi connectivity index (χ2v) is 5.27. The van der Waals surface area contributed by atoms with E-state index in [-0.39, 0.29) is 11.9 Å². The predicted octanol–water partition coefficient (Wildman–Crippen LogP) is 3.57. The van der Waals surface area contributed by atoms with Crippen LogP contribution in [0, 0.1) is 13.5 Å². The fourth-order valence-electron chi connectivity index (χ4n) is 2.45. The second-order valence-electron chi connectivity index (χ2n) is 5.27. The van der Waals surface area contributed by atoms with Crippen molar-refractivity contribution in [3.8, 4) is 0 Å². The van der Waals surface area contributed by atoms with E-state index < -0.39 is 0 Å². The van der Waals surface area contributed by atoms with Crippen molar-refractivity contribution in [3.63, 3.8) is 0 Å². The van der Waals surface area contributed by atoms with Gasteiger partial charge in [-0.3, -0.25) is 0 Å². The molecular formula is C18H13NO4. The topological polar surface area (TPSA) is 57.0 Å². The molecule has 0 unspecified atom stereocenters. The molecule has 2 aromatic carbocycles. The Balaban J connectivity index is 0.000000136. The zero-order valence-corrected chi connectivity index (χ0v) is 12.5. The molecule has 0 spiro atoms. The molecule has 0 bridgehead atoms. The molecule has 114 valence electrons. The highest BCUT2D eigenvalue weighted by Gasteiger charge is 2.20. The van der Waals surface area contributed by atoms with Gasteiger partial charge in [0.15, 0.2) is 5.69 Å². The summed E-state index contributed by atoms with van der Waals surface area (Å²) in [7, 11) is 0. The number of esters is 2. The molecule has 2 aromatic rings. The van der Waals surface area contributed by atoms with Crippen LogP contribution in [0.25, 0.3) is 4.85 Å². The minimum absolute atomic E-state index is 0.194. The third kappa shape index (κ3) is 2.92. The van der Waals surface area contributed by atoms with E-state index in [1.807, 2.05) is 25.1 Å². The average molecular weight is 307 g/mol. The lowest BCUT2D eigenvalue weighted by atomic mass is 10.1. The van der Waals surface area contributed by atoms with Gasteiger partial charge in [0.05, 0.1) is 17.7 Å². The van der Waals surface area contributed by atoms with Crippen molar-refractivity contribution in [2.24, 2.45) is 0 Å². The van der Waals surface area contributed by atoms with Crippen molar-refractivity contribution in [1.82, 2.24) is 0 Å². The molecule has 0 N–H and O–H groups in total. The van der Waals surface area contributed by atoms with E-state index in [1.165, 1.54) is 5.56 Å². The number of hydrogen-bond acceptors (Lipinski definition) is 4. The van der Waals surface area contributed by atoms with Crippen LogP contribution in [0.5, 0.6) is 0 Å². The van der Waals surface area contributed by atoms with Gasteiger partial charge in [-0.1, -0.05) is 29.8 Å². The smallest absolute Gasteiger partial charge is 0.338 e. The predicted molar refractivity (Wildman–Crippen MR) is 82.1 cm³/mol. The lowest BCUT2D eigenvalue weighted by molar-refractivity contribution is 0.0526. The second kappa shape index (κ2) is 5.93. The molecule has 0 saturated heterocycles. The van der Waals surface area contributed by atoms with Crippen LogP contribution in [0.3, 0.4) is 0 Å². The zero-order valence-electron chi connectivity index (χ0n) is 12.5. The summed E-state index contributed by atoms with van der Waals surface area (Å²) in [6, 6.07) is 10.7. The monoisotopic (exact) mass is 307 g/mol. The largest absolute Gasteiger partial charge is 0.457 e. The summed E-state index contributed by atoms with van der Waals surface area (Å²) < 4.78 is 9.62. The first kappa shape index (κ1) is 14.8. The number of nitrogens with zero attached hydrogens (tertiary/aromatic N) is 1. The van der Waals surface area contributed by atoms with Crippen molar-refractivity contribution < 1.29 is 19.1 Å². The fraction of sp³-hybridized carbons (Fsp3) is 0.167. The summed E-state index contributed by atoms with van der Waals surface area (Å²) in [6.45, 7) is 9.50. The molecule has 23 heavy (non-hydrogen) atoms. The first-order valence-corrected chi connectivity index (χ1v) is 7.02. The molecule has 4 rings (SSSR count). The van der Waals surface area contributed by atoms with Gasteiger partial charge in [-0.15, -0.1) is 0 Å². The van der Waals surface area contributed by atoms with Crippen LogP contribution in [0.1, 0.15) is 37.4 Å². The normalized spacial score (nSPS) is 13.9. The lowest BCUT2D eigenvalue weighted by Gasteiger charge is -1.93. The number of ether oxygens (including phenoxy) is 2. The minimum Gasteiger partial charge on any atom is -0.457 e. The Morgan fingerprint density at radius 1 is 0.913 bits per heavy atom. The van der Waals surface area contributed by atoms with E-state index in [2.05, 4.69) is 4.85 Å². The minimum atomic E-state index is -0.290. The number of carbonyl (C=O) groups excluding carboxylic acids is 2. The Hall–Kier alpha value is -3.13. The Kier molecular flexibility index (Phi) is 3.82. The summed E-state index contributed by atoms with van der Waals surface area (Å²) >= 11 is 0. The van der Waals surface area contributed by atoms with Crippen LogP contribution < -0.4 is 0 Å². The number of aryl methyl sites for hydroxylation is 1. The Bertz CT molecular complexity index is 849. The molecule has 0 fully saturated rings. The van der Waals surface area contributed by atoms with Gasteiger partial charge in [-0.2, -0.15) is 0 Å². The van der Waals surface area contributed by atoms with Crippen molar-refractivity contribution in [1.29, 1.82) is 0 Å². The molecule has 2 aliphatic rings. The van der Waals surface area contributed by atoms with E-state index in [1.54, 1.807) is 18.2 Å². The Morgan fingerprint density at radius 3 is 2.09 bits per heavy atom. The Labute approximate surface area is 133 Å². The third-order valence-electron chi connectivity index (χ3n) is 3.64. The lowest BCUT2D eigenvalue weighted by Crippen LogP contribution is -1.92. The number of fused-ring (bicyclic) bond motifs is 2. The van der Waals surface area contributed by atoms with Crippen LogP contribution >= 0.6 is 0 Å². The van der Waals surface area contributed by atoms with Crippen LogP contribution in [-0.4, -0.2) is 11.9 Å². The highest BCUT2D eigenvalue weighted by atomic mass is 16.5. The molecule has 0 amide bonds. The molecule has 2 heterocycles. The van der Waals surface area contributed by atoms with Gasteiger partial charge in [0, 0.05) is 5.56 Å². The highest BCUT2D eigenvalue weighted by Crippen LogP contribution is 2.24. The van der Waals surface area contributed by atoms with Crippen LogP contribution in [0.4, 0.5) is 5.69 Å². The van der Waals surface area contributed by atoms with Crippen LogP contribution in [0.15, 0.2) is 36.4 Å². The van der Waals surface area contributed by atoms with Gasteiger partial charge in [0.1, 0.15) is 13.2 Å². The molecule has 0 saturated carbocycles. The molecule has 0 atom stereocenters. The summed E-state index contributed by atoms with van der Waals surface area (Å²) in [6.07, 6.45) is 0. The number of benzene rings is 2. The Morgan fingerprint density at radius 2 is 1.48 bits per heavy atom. The van der Waals surface area contributed by atoms with Gasteiger partial charge in [0.2, 0.25) is 0 Å². The standard InChI is InChI=1S/C9H5NO2.C9H8O2/c1-10-7-2-3-8-6(4-7)5-12-9(8)11;1-6-2-3-8-7(4-6)5-11-9(8)10/h2-4H,5H2;2-4H,5H2,1H3. The maximum atomic E-state index is 11.0. The molecule has 2 aliphatic heterocycles. The number of cyclic esters (lactones) is 2. The van der Waals surface area contributed by atoms with Gasteiger partial charge < -0.3 is 9.47 Å². The van der Waals surface area contributed by atoms with Crippen LogP contribution in [-0.2, 0) is 22.7 Å². The van der Waals surface area contributed by atoms with E-state index in [0.29, 0.717) is 24.5 Å². The number of carbonyl (C=O) groups is 2. The van der Waals surface area contributed by atoms with Crippen molar-refractivity contribution >= 4 is 17.6 Å². The maximum absolute atomic E-state index is 11.0. The SMILES string of the molecule is Cc1ccc2c(c1)COC2=O.[C-]#[N+]c1ccc2c(c1)COC2=O. The molecule has 5 nitrogen and oxygen atoms in total. The molecule has 0 radical (unpaired) electrons. The van der Waals surface area contributed by atoms with E-state index >= 15 is 0 Å². The number of hydrogen-bond donors (Lipinski definition) is 0. The van der Waals surface area contributed by atoms with Gasteiger partial charge in [-0.25, -0.2) is 14.4 Å². The van der Waals surface area contributed by atoms with E-state index in [0.717, 1.165) is 16.7 Å². The summed E-state index contributed by atoms with van der Waals surface area (Å²) in [5.41, 5.74) is 4.84. The summed E-state index contributed by atoms with van der Waals surface area (Å²) in [5.74, 6) is -0.485.